The van der Waals surface area contributed by atoms with Crippen molar-refractivity contribution in [3.8, 4) is 0 Å². The van der Waals surface area contributed by atoms with E-state index in [4.69, 9.17) is 5.53 Å². The highest BCUT2D eigenvalue weighted by Gasteiger charge is 2.05. The molecule has 4 heteroatoms. The number of nitrogens with zero attached hydrogens (tertiary/aromatic N) is 2. The standard InChI is InChI=1S/C16H10.CH4N4/c1-3-11-7-9-13-5-2-6-14-10-8-12(4-1)15(11)16(13)14;2-4-1-5-3/h1-10H;1-2H,3H2. The Hall–Kier alpha value is -3.01. The molecule has 4 aromatic carbocycles. The first kappa shape index (κ1) is 13.0. The number of benzene rings is 4. The summed E-state index contributed by atoms with van der Waals surface area (Å²) in [6.07, 6.45) is 0.944. The summed E-state index contributed by atoms with van der Waals surface area (Å²) in [6.45, 7) is 0. The molecule has 3 N–H and O–H groups in total. The molecule has 0 saturated carbocycles. The Balaban J connectivity index is 0.000000233. The molecule has 4 rings (SSSR count). The lowest BCUT2D eigenvalue weighted by Gasteiger charge is -2.09. The van der Waals surface area contributed by atoms with Crippen LogP contribution in [0.15, 0.2) is 70.9 Å². The molecule has 0 aliphatic carbocycles. The molecular weight excluding hydrogens is 260 g/mol. The molecule has 0 bridgehead atoms. The van der Waals surface area contributed by atoms with Gasteiger partial charge in [-0.1, -0.05) is 60.7 Å². The number of hydrazone groups is 1. The summed E-state index contributed by atoms with van der Waals surface area (Å²) >= 11 is 0. The van der Waals surface area contributed by atoms with E-state index in [0.29, 0.717) is 0 Å². The summed E-state index contributed by atoms with van der Waals surface area (Å²) in [6, 6.07) is 21.9. The maximum absolute atomic E-state index is 6.00. The predicted octanol–water partition coefficient (Wildman–Crippen LogP) is 4.50. The summed E-state index contributed by atoms with van der Waals surface area (Å²) in [5.41, 5.74) is 6.00. The lowest BCUT2D eigenvalue weighted by Crippen LogP contribution is -1.82. The molecule has 0 spiro atoms. The zero-order chi connectivity index (χ0) is 14.7. The van der Waals surface area contributed by atoms with Crippen molar-refractivity contribution in [2.24, 2.45) is 16.1 Å². The van der Waals surface area contributed by atoms with Crippen molar-refractivity contribution in [1.82, 2.24) is 0 Å². The second kappa shape index (κ2) is 5.54. The van der Waals surface area contributed by atoms with E-state index in [1.807, 2.05) is 0 Å². The molecule has 0 aliphatic rings. The van der Waals surface area contributed by atoms with Crippen molar-refractivity contribution >= 4 is 38.7 Å². The van der Waals surface area contributed by atoms with Gasteiger partial charge in [-0.15, -0.1) is 5.11 Å². The number of hydrogen-bond acceptors (Lipinski definition) is 3. The maximum atomic E-state index is 6.00. The molecule has 0 atom stereocenters. The van der Waals surface area contributed by atoms with Crippen molar-refractivity contribution in [3.63, 3.8) is 0 Å². The Bertz CT molecular complexity index is 798. The van der Waals surface area contributed by atoms with Crippen LogP contribution in [0.1, 0.15) is 0 Å². The predicted molar refractivity (Wildman–Crippen MR) is 88.0 cm³/mol. The van der Waals surface area contributed by atoms with E-state index in [1.54, 1.807) is 0 Å². The van der Waals surface area contributed by atoms with E-state index in [0.717, 1.165) is 6.34 Å². The number of nitrogens with one attached hydrogen (secondary N) is 1. The highest BCUT2D eigenvalue weighted by atomic mass is 15.2. The van der Waals surface area contributed by atoms with Crippen LogP contribution in [-0.2, 0) is 0 Å². The SMILES string of the molecule is N=NC=NN.c1cc2ccc3cccc4ccc(c1)c2c34. The summed E-state index contributed by atoms with van der Waals surface area (Å²) < 4.78 is 0. The van der Waals surface area contributed by atoms with Gasteiger partial charge in [-0.25, -0.2) is 5.53 Å². The van der Waals surface area contributed by atoms with Gasteiger partial charge in [0.25, 0.3) is 0 Å². The van der Waals surface area contributed by atoms with Gasteiger partial charge in [0.05, 0.1) is 0 Å². The average Bonchev–Trinajstić information content (AvgIpc) is 2.54. The third-order valence-electron chi connectivity index (χ3n) is 3.52. The summed E-state index contributed by atoms with van der Waals surface area (Å²) in [5, 5.41) is 13.7. The van der Waals surface area contributed by atoms with Gasteiger partial charge in [0.15, 0.2) is 6.34 Å². The number of rotatable bonds is 1. The topological polar surface area (TPSA) is 74.6 Å². The van der Waals surface area contributed by atoms with Crippen LogP contribution in [0.3, 0.4) is 0 Å². The van der Waals surface area contributed by atoms with Gasteiger partial charge in [-0.3, -0.25) is 0 Å². The first-order valence-electron chi connectivity index (χ1n) is 6.56. The Labute approximate surface area is 121 Å². The number of hydrogen-bond donors (Lipinski definition) is 2. The van der Waals surface area contributed by atoms with Gasteiger partial charge in [0.2, 0.25) is 0 Å². The fourth-order valence-corrected chi connectivity index (χ4v) is 2.70. The van der Waals surface area contributed by atoms with E-state index >= 15 is 0 Å². The molecule has 4 nitrogen and oxygen atoms in total. The highest BCUT2D eigenvalue weighted by molar-refractivity contribution is 6.22. The fourth-order valence-electron chi connectivity index (χ4n) is 2.70. The van der Waals surface area contributed by atoms with Crippen molar-refractivity contribution in [2.75, 3.05) is 0 Å². The zero-order valence-electron chi connectivity index (χ0n) is 11.3. The Morgan fingerprint density at radius 3 is 1.33 bits per heavy atom. The van der Waals surface area contributed by atoms with E-state index in [-0.39, 0.29) is 0 Å². The van der Waals surface area contributed by atoms with Crippen molar-refractivity contribution in [1.29, 1.82) is 5.53 Å². The molecule has 0 unspecified atom stereocenters. The molecule has 4 aromatic rings. The first-order valence-corrected chi connectivity index (χ1v) is 6.56. The Morgan fingerprint density at radius 1 is 0.714 bits per heavy atom. The molecule has 0 fully saturated rings. The molecule has 0 amide bonds. The van der Waals surface area contributed by atoms with E-state index < -0.39 is 0 Å². The highest BCUT2D eigenvalue weighted by Crippen LogP contribution is 2.33. The molecule has 21 heavy (non-hydrogen) atoms. The average molecular weight is 274 g/mol. The second-order valence-corrected chi connectivity index (χ2v) is 4.68. The molecule has 0 saturated heterocycles. The first-order chi connectivity index (χ1) is 10.3. The third kappa shape index (κ3) is 2.27. The lowest BCUT2D eigenvalue weighted by atomic mass is 9.95. The van der Waals surface area contributed by atoms with Crippen LogP contribution in [0.5, 0.6) is 0 Å². The van der Waals surface area contributed by atoms with Crippen LogP contribution in [0.4, 0.5) is 0 Å². The fraction of sp³-hybridized carbons (Fsp3) is 0. The van der Waals surface area contributed by atoms with Gasteiger partial charge in [0, 0.05) is 0 Å². The van der Waals surface area contributed by atoms with Gasteiger partial charge in [-0.2, -0.15) is 5.10 Å². The van der Waals surface area contributed by atoms with Crippen molar-refractivity contribution in [3.05, 3.63) is 60.7 Å². The largest absolute Gasteiger partial charge is 0.322 e. The molecular formula is C17H14N4. The molecule has 102 valence electrons. The smallest absolute Gasteiger partial charge is 0.156 e. The van der Waals surface area contributed by atoms with E-state index in [2.05, 4.69) is 76.7 Å². The van der Waals surface area contributed by atoms with E-state index in [1.165, 1.54) is 32.3 Å². The minimum atomic E-state index is 0.944. The molecule has 0 aromatic heterocycles. The minimum absolute atomic E-state index is 0.944. The normalized spacial score (nSPS) is 11.0. The van der Waals surface area contributed by atoms with Crippen LogP contribution in [0, 0.1) is 5.53 Å². The van der Waals surface area contributed by atoms with Crippen LogP contribution < -0.4 is 5.84 Å². The number of nitrogens with two attached hydrogens (primary N) is 1. The van der Waals surface area contributed by atoms with Gasteiger partial charge in [-0.05, 0) is 32.3 Å². The second-order valence-electron chi connectivity index (χ2n) is 4.68. The third-order valence-corrected chi connectivity index (χ3v) is 3.52. The molecule has 0 heterocycles. The zero-order valence-corrected chi connectivity index (χ0v) is 11.3. The molecule has 0 radical (unpaired) electrons. The van der Waals surface area contributed by atoms with Crippen LogP contribution in [0.2, 0.25) is 0 Å². The summed E-state index contributed by atoms with van der Waals surface area (Å²) in [7, 11) is 0. The Morgan fingerprint density at radius 2 is 1.10 bits per heavy atom. The minimum Gasteiger partial charge on any atom is -0.322 e. The Kier molecular flexibility index (Phi) is 3.43. The van der Waals surface area contributed by atoms with Crippen LogP contribution in [0.25, 0.3) is 32.3 Å². The molecule has 0 aliphatic heterocycles. The van der Waals surface area contributed by atoms with Crippen molar-refractivity contribution in [2.45, 2.75) is 0 Å². The van der Waals surface area contributed by atoms with Crippen LogP contribution >= 0.6 is 0 Å². The monoisotopic (exact) mass is 274 g/mol. The quantitative estimate of drug-likeness (QED) is 0.131. The maximum Gasteiger partial charge on any atom is 0.156 e. The van der Waals surface area contributed by atoms with Gasteiger partial charge in [0.1, 0.15) is 0 Å². The van der Waals surface area contributed by atoms with Gasteiger partial charge < -0.3 is 5.84 Å². The lowest BCUT2D eigenvalue weighted by molar-refractivity contribution is 1.17. The van der Waals surface area contributed by atoms with E-state index in [9.17, 15) is 0 Å². The summed E-state index contributed by atoms with van der Waals surface area (Å²) in [5.74, 6) is 4.49. The van der Waals surface area contributed by atoms with Crippen molar-refractivity contribution < 1.29 is 0 Å². The summed E-state index contributed by atoms with van der Waals surface area (Å²) in [4.78, 5) is 0. The van der Waals surface area contributed by atoms with Crippen LogP contribution in [-0.4, -0.2) is 6.34 Å². The van der Waals surface area contributed by atoms with Gasteiger partial charge >= 0.3 is 0 Å².